The lowest BCUT2D eigenvalue weighted by Gasteiger charge is -2.14. The van der Waals surface area contributed by atoms with Crippen LogP contribution in [-0.4, -0.2) is 45.2 Å². The minimum absolute atomic E-state index is 0.00876. The van der Waals surface area contributed by atoms with Gasteiger partial charge in [-0.25, -0.2) is 35.7 Å². The topological polar surface area (TPSA) is 147 Å². The number of benzene rings is 1. The molecule has 176 valence electrons. The van der Waals surface area contributed by atoms with E-state index in [9.17, 15) is 21.2 Å². The van der Waals surface area contributed by atoms with Crippen LogP contribution >= 0.6 is 0 Å². The van der Waals surface area contributed by atoms with Crippen LogP contribution in [0.1, 0.15) is 12.0 Å². The van der Waals surface area contributed by atoms with Crippen LogP contribution in [0.3, 0.4) is 0 Å². The Morgan fingerprint density at radius 3 is 2.58 bits per heavy atom. The molecule has 13 heteroatoms. The average molecular weight is 495 g/mol. The van der Waals surface area contributed by atoms with Gasteiger partial charge in [0.25, 0.3) is 0 Å². The molecule has 0 saturated carbocycles. The summed E-state index contributed by atoms with van der Waals surface area (Å²) in [6.07, 6.45) is 6.34. The van der Waals surface area contributed by atoms with Crippen molar-refractivity contribution in [1.82, 2.24) is 14.3 Å². The summed E-state index contributed by atoms with van der Waals surface area (Å²) in [4.78, 5) is 7.91. The number of nitrogens with two attached hydrogens (primary N) is 1. The molecule has 0 fully saturated rings. The van der Waals surface area contributed by atoms with E-state index in [1.807, 2.05) is 0 Å². The summed E-state index contributed by atoms with van der Waals surface area (Å²) in [5, 5.41) is 12.0. The van der Waals surface area contributed by atoms with Gasteiger partial charge in [-0.15, -0.1) is 0 Å². The van der Waals surface area contributed by atoms with E-state index >= 15 is 0 Å². The van der Waals surface area contributed by atoms with Gasteiger partial charge >= 0.3 is 0 Å². The Hall–Kier alpha value is -3.13. The number of halogens is 1. The lowest BCUT2D eigenvalue weighted by molar-refractivity contribution is 0.530. The predicted molar refractivity (Wildman–Crippen MR) is 124 cm³/mol. The van der Waals surface area contributed by atoms with Crippen LogP contribution in [0.4, 0.5) is 21.8 Å². The molecular weight excluding hydrogens is 471 g/mol. The van der Waals surface area contributed by atoms with Crippen molar-refractivity contribution in [3.63, 3.8) is 0 Å². The minimum atomic E-state index is -3.93. The third-order valence-electron chi connectivity index (χ3n) is 4.56. The number of sulfonamides is 2. The zero-order chi connectivity index (χ0) is 24.4. The largest absolute Gasteiger partial charge is 0.338 e. The van der Waals surface area contributed by atoms with Crippen LogP contribution in [0.25, 0.3) is 0 Å². The van der Waals surface area contributed by atoms with E-state index in [-0.39, 0.29) is 16.7 Å². The van der Waals surface area contributed by atoms with Gasteiger partial charge in [0.2, 0.25) is 26.0 Å². The predicted octanol–water partition coefficient (Wildman–Crippen LogP) is 2.35. The van der Waals surface area contributed by atoms with Crippen LogP contribution in [0, 0.1) is 12.7 Å². The maximum absolute atomic E-state index is 14.3. The number of primary sulfonamides is 1. The molecule has 1 heterocycles. The van der Waals surface area contributed by atoms with E-state index in [1.54, 1.807) is 37.3 Å². The summed E-state index contributed by atoms with van der Waals surface area (Å²) < 4.78 is 63.1. The number of nitrogens with one attached hydrogen (secondary N) is 2. The summed E-state index contributed by atoms with van der Waals surface area (Å²) in [5.74, 6) is -0.880. The van der Waals surface area contributed by atoms with Gasteiger partial charge in [-0.05, 0) is 48.8 Å². The SMILES string of the molecule is Cc1ccc(Nc2ncc(F)c(NC3=CC(=CS(=O)(=O)N(C)C)CC=C3)n2)cc1S(N)(=O)=O. The first-order valence-corrected chi connectivity index (χ1v) is 12.6. The third-order valence-corrected chi connectivity index (χ3v) is 7.23. The Labute approximate surface area is 191 Å². The van der Waals surface area contributed by atoms with Gasteiger partial charge in [0.15, 0.2) is 11.6 Å². The number of anilines is 3. The fourth-order valence-electron chi connectivity index (χ4n) is 2.85. The second kappa shape index (κ2) is 9.39. The van der Waals surface area contributed by atoms with Gasteiger partial charge in [0, 0.05) is 30.9 Å². The molecule has 10 nitrogen and oxygen atoms in total. The molecule has 1 aromatic heterocycles. The Balaban J connectivity index is 1.86. The number of hydrogen-bond acceptors (Lipinski definition) is 8. The fourth-order valence-corrected chi connectivity index (χ4v) is 4.42. The quantitative estimate of drug-likeness (QED) is 0.531. The van der Waals surface area contributed by atoms with Crippen LogP contribution < -0.4 is 15.8 Å². The molecule has 2 aromatic rings. The van der Waals surface area contributed by atoms with Crippen LogP contribution in [-0.2, 0) is 20.0 Å². The zero-order valence-corrected chi connectivity index (χ0v) is 19.7. The highest BCUT2D eigenvalue weighted by atomic mass is 32.2. The van der Waals surface area contributed by atoms with Crippen molar-refractivity contribution in [2.75, 3.05) is 24.7 Å². The number of nitrogens with zero attached hydrogens (tertiary/aromatic N) is 3. The number of aromatic nitrogens is 2. The highest BCUT2D eigenvalue weighted by Crippen LogP contribution is 2.24. The van der Waals surface area contributed by atoms with Crippen LogP contribution in [0.2, 0.25) is 0 Å². The Kier molecular flexibility index (Phi) is 6.97. The Bertz CT molecular complexity index is 1380. The molecule has 3 rings (SSSR count). The monoisotopic (exact) mass is 494 g/mol. The molecule has 4 N–H and O–H groups in total. The summed E-state index contributed by atoms with van der Waals surface area (Å²) >= 11 is 0. The molecule has 1 aromatic carbocycles. The van der Waals surface area contributed by atoms with Crippen molar-refractivity contribution in [3.8, 4) is 0 Å². The smallest absolute Gasteiger partial charge is 0.238 e. The molecular formula is C20H23FN6O4S2. The normalized spacial score (nSPS) is 15.6. The van der Waals surface area contributed by atoms with Gasteiger partial charge in [0.1, 0.15) is 0 Å². The number of rotatable bonds is 7. The lowest BCUT2D eigenvalue weighted by atomic mass is 10.1. The van der Waals surface area contributed by atoms with Crippen LogP contribution in [0.15, 0.2) is 64.2 Å². The van der Waals surface area contributed by atoms with Gasteiger partial charge in [0.05, 0.1) is 11.1 Å². The highest BCUT2D eigenvalue weighted by molar-refractivity contribution is 7.92. The van der Waals surface area contributed by atoms with E-state index in [1.165, 1.54) is 20.2 Å². The second-order valence-corrected chi connectivity index (χ2v) is 10.9. The van der Waals surface area contributed by atoms with Crippen molar-refractivity contribution in [1.29, 1.82) is 0 Å². The fraction of sp³-hybridized carbons (Fsp3) is 0.200. The molecule has 0 unspecified atom stereocenters. The van der Waals surface area contributed by atoms with E-state index < -0.39 is 25.9 Å². The zero-order valence-electron chi connectivity index (χ0n) is 18.1. The van der Waals surface area contributed by atoms with E-state index in [4.69, 9.17) is 5.14 Å². The molecule has 0 radical (unpaired) electrons. The van der Waals surface area contributed by atoms with Crippen molar-refractivity contribution in [3.05, 3.63) is 70.7 Å². The number of allylic oxidation sites excluding steroid dienone is 4. The third kappa shape index (κ3) is 6.22. The molecule has 0 aliphatic heterocycles. The van der Waals surface area contributed by atoms with Crippen molar-refractivity contribution in [2.45, 2.75) is 18.2 Å². The molecule has 1 aliphatic rings. The summed E-state index contributed by atoms with van der Waals surface area (Å²) in [5.41, 5.74) is 1.76. The molecule has 0 bridgehead atoms. The first kappa shape index (κ1) is 24.5. The lowest BCUT2D eigenvalue weighted by Crippen LogP contribution is -2.20. The van der Waals surface area contributed by atoms with Gasteiger partial charge in [-0.3, -0.25) is 0 Å². The standard InChI is InChI=1S/C20H23FN6O4S2/c1-13-7-8-16(10-18(13)33(22,30)31)25-20-23-11-17(21)19(26-20)24-15-6-4-5-14(9-15)12-32(28,29)27(2)3/h4,6-12H,5H2,1-3H3,(H2,22,30,31)(H2,23,24,25,26). The van der Waals surface area contributed by atoms with Crippen molar-refractivity contribution < 1.29 is 21.2 Å². The highest BCUT2D eigenvalue weighted by Gasteiger charge is 2.15. The first-order valence-electron chi connectivity index (χ1n) is 9.56. The average Bonchev–Trinajstić information content (AvgIpc) is 2.71. The van der Waals surface area contributed by atoms with E-state index in [2.05, 4.69) is 20.6 Å². The summed E-state index contributed by atoms with van der Waals surface area (Å²) in [6.45, 7) is 1.61. The summed E-state index contributed by atoms with van der Waals surface area (Å²) in [7, 11) is -4.62. The molecule has 0 atom stereocenters. The van der Waals surface area contributed by atoms with Crippen molar-refractivity contribution in [2.24, 2.45) is 5.14 Å². The van der Waals surface area contributed by atoms with Gasteiger partial charge < -0.3 is 10.6 Å². The maximum atomic E-state index is 14.3. The molecule has 33 heavy (non-hydrogen) atoms. The minimum Gasteiger partial charge on any atom is -0.338 e. The van der Waals surface area contributed by atoms with E-state index in [0.29, 0.717) is 28.9 Å². The van der Waals surface area contributed by atoms with E-state index in [0.717, 1.165) is 15.9 Å². The first-order chi connectivity index (χ1) is 15.3. The second-order valence-electron chi connectivity index (χ2n) is 7.39. The maximum Gasteiger partial charge on any atom is 0.238 e. The van der Waals surface area contributed by atoms with Crippen molar-refractivity contribution >= 4 is 37.5 Å². The van der Waals surface area contributed by atoms with Gasteiger partial charge in [-0.2, -0.15) is 4.98 Å². The molecule has 0 amide bonds. The number of hydrogen-bond donors (Lipinski definition) is 3. The molecule has 0 spiro atoms. The Morgan fingerprint density at radius 2 is 1.91 bits per heavy atom. The molecule has 1 aliphatic carbocycles. The summed E-state index contributed by atoms with van der Waals surface area (Å²) in [6, 6.07) is 4.51. The van der Waals surface area contributed by atoms with Crippen LogP contribution in [0.5, 0.6) is 0 Å². The van der Waals surface area contributed by atoms with Gasteiger partial charge in [-0.1, -0.05) is 12.1 Å². The molecule has 0 saturated heterocycles. The Morgan fingerprint density at radius 1 is 1.18 bits per heavy atom. The number of aryl methyl sites for hydroxylation is 1.